The molecule has 1 aliphatic heterocycles. The smallest absolute Gasteiger partial charge is 0.0646 e. The second kappa shape index (κ2) is 3.21. The molecule has 0 bridgehead atoms. The van der Waals surface area contributed by atoms with Gasteiger partial charge in [0.1, 0.15) is 0 Å². The maximum Gasteiger partial charge on any atom is 0.0646 e. The molecule has 2 aliphatic rings. The van der Waals surface area contributed by atoms with Crippen molar-refractivity contribution in [2.45, 2.75) is 52.1 Å². The van der Waals surface area contributed by atoms with Crippen LogP contribution in [0.3, 0.4) is 0 Å². The van der Waals surface area contributed by atoms with Crippen LogP contribution in [0.5, 0.6) is 0 Å². The van der Waals surface area contributed by atoms with E-state index in [4.69, 9.17) is 4.74 Å². The SMILES string of the molecule is CC(NC1(C)CCOC1)C1CC1(C)C. The van der Waals surface area contributed by atoms with Crippen LogP contribution in [0.4, 0.5) is 0 Å². The zero-order valence-electron chi connectivity index (χ0n) is 9.89. The van der Waals surface area contributed by atoms with Gasteiger partial charge in [0.2, 0.25) is 0 Å². The van der Waals surface area contributed by atoms with Gasteiger partial charge in [0.25, 0.3) is 0 Å². The van der Waals surface area contributed by atoms with E-state index in [-0.39, 0.29) is 5.54 Å². The van der Waals surface area contributed by atoms with Gasteiger partial charge < -0.3 is 10.1 Å². The molecular formula is C12H23NO. The molecule has 0 radical (unpaired) electrons. The van der Waals surface area contributed by atoms with Gasteiger partial charge in [-0.05, 0) is 38.0 Å². The fraction of sp³-hybridized carbons (Fsp3) is 1.00. The van der Waals surface area contributed by atoms with E-state index in [9.17, 15) is 0 Å². The summed E-state index contributed by atoms with van der Waals surface area (Å²) in [6.45, 7) is 11.1. The summed E-state index contributed by atoms with van der Waals surface area (Å²) in [6.07, 6.45) is 2.53. The Hall–Kier alpha value is -0.0800. The molecule has 2 rings (SSSR count). The van der Waals surface area contributed by atoms with Gasteiger partial charge in [-0.3, -0.25) is 0 Å². The molecule has 2 fully saturated rings. The summed E-state index contributed by atoms with van der Waals surface area (Å²) in [7, 11) is 0. The van der Waals surface area contributed by atoms with E-state index in [1.165, 1.54) is 6.42 Å². The largest absolute Gasteiger partial charge is 0.379 e. The van der Waals surface area contributed by atoms with Crippen molar-refractivity contribution in [2.24, 2.45) is 11.3 Å². The fourth-order valence-corrected chi connectivity index (χ4v) is 2.79. The summed E-state index contributed by atoms with van der Waals surface area (Å²) in [5.74, 6) is 0.861. The van der Waals surface area contributed by atoms with Crippen LogP contribution in [-0.2, 0) is 4.74 Å². The van der Waals surface area contributed by atoms with Crippen LogP contribution >= 0.6 is 0 Å². The van der Waals surface area contributed by atoms with Crippen molar-refractivity contribution in [1.82, 2.24) is 5.32 Å². The molecule has 0 spiro atoms. The molecule has 0 aromatic carbocycles. The van der Waals surface area contributed by atoms with Crippen molar-refractivity contribution in [1.29, 1.82) is 0 Å². The van der Waals surface area contributed by atoms with E-state index in [1.54, 1.807) is 0 Å². The Labute approximate surface area is 87.4 Å². The third kappa shape index (κ3) is 1.96. The minimum atomic E-state index is 0.234. The van der Waals surface area contributed by atoms with Gasteiger partial charge in [-0.2, -0.15) is 0 Å². The van der Waals surface area contributed by atoms with Crippen molar-refractivity contribution in [3.8, 4) is 0 Å². The fourth-order valence-electron chi connectivity index (χ4n) is 2.79. The third-order valence-corrected chi connectivity index (χ3v) is 3.99. The van der Waals surface area contributed by atoms with E-state index in [0.717, 1.165) is 25.6 Å². The standard InChI is InChI=1S/C12H23NO/c1-9(10-7-11(10,2)3)13-12(4)5-6-14-8-12/h9-10,13H,5-8H2,1-4H3. The Morgan fingerprint density at radius 2 is 2.00 bits per heavy atom. The molecule has 2 nitrogen and oxygen atoms in total. The highest BCUT2D eigenvalue weighted by Crippen LogP contribution is 2.53. The van der Waals surface area contributed by atoms with E-state index < -0.39 is 0 Å². The van der Waals surface area contributed by atoms with Crippen LogP contribution in [0.1, 0.15) is 40.5 Å². The zero-order valence-corrected chi connectivity index (χ0v) is 9.89. The average Bonchev–Trinajstić information content (AvgIpc) is 2.51. The lowest BCUT2D eigenvalue weighted by Gasteiger charge is -2.29. The molecule has 3 atom stereocenters. The van der Waals surface area contributed by atoms with Crippen LogP contribution in [0.2, 0.25) is 0 Å². The summed E-state index contributed by atoms with van der Waals surface area (Å²) in [4.78, 5) is 0. The summed E-state index contributed by atoms with van der Waals surface area (Å²) >= 11 is 0. The van der Waals surface area contributed by atoms with E-state index in [2.05, 4.69) is 33.0 Å². The number of rotatable bonds is 3. The Kier molecular flexibility index (Phi) is 2.39. The molecule has 0 amide bonds. The molecular weight excluding hydrogens is 174 g/mol. The summed E-state index contributed by atoms with van der Waals surface area (Å²) in [5, 5.41) is 3.75. The number of hydrogen-bond donors (Lipinski definition) is 1. The molecule has 0 aromatic rings. The minimum Gasteiger partial charge on any atom is -0.379 e. The Morgan fingerprint density at radius 3 is 2.43 bits per heavy atom. The zero-order chi connectivity index (χ0) is 10.4. The van der Waals surface area contributed by atoms with Crippen molar-refractivity contribution in [3.63, 3.8) is 0 Å². The Bertz CT molecular complexity index is 218. The van der Waals surface area contributed by atoms with Gasteiger partial charge in [0.05, 0.1) is 6.61 Å². The van der Waals surface area contributed by atoms with E-state index in [1.807, 2.05) is 0 Å². The summed E-state index contributed by atoms with van der Waals surface area (Å²) < 4.78 is 5.45. The van der Waals surface area contributed by atoms with Crippen LogP contribution in [0.25, 0.3) is 0 Å². The second-order valence-corrected chi connectivity index (χ2v) is 6.10. The monoisotopic (exact) mass is 197 g/mol. The van der Waals surface area contributed by atoms with Gasteiger partial charge in [-0.15, -0.1) is 0 Å². The lowest BCUT2D eigenvalue weighted by Crippen LogP contribution is -2.48. The van der Waals surface area contributed by atoms with Crippen LogP contribution < -0.4 is 5.32 Å². The number of hydrogen-bond acceptors (Lipinski definition) is 2. The van der Waals surface area contributed by atoms with Crippen molar-refractivity contribution in [3.05, 3.63) is 0 Å². The lowest BCUT2D eigenvalue weighted by atomic mass is 9.97. The summed E-state index contributed by atoms with van der Waals surface area (Å²) in [6, 6.07) is 0.636. The predicted octanol–water partition coefficient (Wildman–Crippen LogP) is 2.19. The van der Waals surface area contributed by atoms with Gasteiger partial charge in [-0.1, -0.05) is 13.8 Å². The van der Waals surface area contributed by atoms with E-state index >= 15 is 0 Å². The molecule has 2 heteroatoms. The van der Waals surface area contributed by atoms with Gasteiger partial charge in [-0.25, -0.2) is 0 Å². The predicted molar refractivity (Wildman–Crippen MR) is 58.3 cm³/mol. The molecule has 1 N–H and O–H groups in total. The average molecular weight is 197 g/mol. The van der Waals surface area contributed by atoms with Crippen molar-refractivity contribution in [2.75, 3.05) is 13.2 Å². The first-order chi connectivity index (χ1) is 6.43. The van der Waals surface area contributed by atoms with Crippen LogP contribution in [-0.4, -0.2) is 24.8 Å². The Morgan fingerprint density at radius 1 is 1.36 bits per heavy atom. The topological polar surface area (TPSA) is 21.3 Å². The van der Waals surface area contributed by atoms with Gasteiger partial charge in [0, 0.05) is 18.2 Å². The minimum absolute atomic E-state index is 0.234. The number of ether oxygens (including phenoxy) is 1. The summed E-state index contributed by atoms with van der Waals surface area (Å²) in [5.41, 5.74) is 0.806. The molecule has 0 aromatic heterocycles. The highest BCUT2D eigenvalue weighted by molar-refractivity contribution is 5.03. The maximum absolute atomic E-state index is 5.45. The second-order valence-electron chi connectivity index (χ2n) is 6.10. The van der Waals surface area contributed by atoms with Crippen LogP contribution in [0.15, 0.2) is 0 Å². The highest BCUT2D eigenvalue weighted by Gasteiger charge is 2.49. The van der Waals surface area contributed by atoms with Crippen molar-refractivity contribution < 1.29 is 4.74 Å². The third-order valence-electron chi connectivity index (χ3n) is 3.99. The molecule has 1 saturated heterocycles. The van der Waals surface area contributed by atoms with Crippen molar-refractivity contribution >= 4 is 0 Å². The first kappa shape index (κ1) is 10.4. The molecule has 1 heterocycles. The lowest BCUT2D eigenvalue weighted by molar-refractivity contribution is 0.164. The van der Waals surface area contributed by atoms with Gasteiger partial charge >= 0.3 is 0 Å². The molecule has 14 heavy (non-hydrogen) atoms. The first-order valence-electron chi connectivity index (χ1n) is 5.78. The molecule has 82 valence electrons. The van der Waals surface area contributed by atoms with Gasteiger partial charge in [0.15, 0.2) is 0 Å². The first-order valence-corrected chi connectivity index (χ1v) is 5.78. The van der Waals surface area contributed by atoms with Crippen LogP contribution in [0, 0.1) is 11.3 Å². The molecule has 3 unspecified atom stereocenters. The number of nitrogens with one attached hydrogen (secondary N) is 1. The molecule has 1 aliphatic carbocycles. The normalized spacial score (nSPS) is 42.4. The molecule has 1 saturated carbocycles. The maximum atomic E-state index is 5.45. The Balaban J connectivity index is 1.85. The van der Waals surface area contributed by atoms with E-state index in [0.29, 0.717) is 11.5 Å². The highest BCUT2D eigenvalue weighted by atomic mass is 16.5. The quantitative estimate of drug-likeness (QED) is 0.749.